The molecular formula is C8H24La-8. The first-order chi connectivity index (χ1) is 0. The van der Waals surface area contributed by atoms with Crippen molar-refractivity contribution >= 4 is 0 Å². The SMILES string of the molecule is [CH3-].[CH3-].[CH3-].[CH3-].[CH3-].[CH3-].[CH3-].[CH3-].[La]. The summed E-state index contributed by atoms with van der Waals surface area (Å²) in [7, 11) is 0. The smallest absolute Gasteiger partial charge is 0 e. The molecule has 1 radical (unpaired) electrons. The van der Waals surface area contributed by atoms with Crippen LogP contribution in [0.1, 0.15) is 0 Å². The van der Waals surface area contributed by atoms with Crippen LogP contribution in [-0.2, 0) is 0 Å². The van der Waals surface area contributed by atoms with Crippen molar-refractivity contribution in [1.29, 1.82) is 0 Å². The van der Waals surface area contributed by atoms with Crippen LogP contribution in [0.25, 0.3) is 0 Å². The Bertz CT molecular complexity index is 4.53. The summed E-state index contributed by atoms with van der Waals surface area (Å²) in [4.78, 5) is 0. The monoisotopic (exact) mass is 259 g/mol. The average Bonchev–Trinajstić information content (AvgIpc) is 0. The molecular weight excluding hydrogens is 235 g/mol. The summed E-state index contributed by atoms with van der Waals surface area (Å²) in [5.41, 5.74) is 0. The van der Waals surface area contributed by atoms with Crippen LogP contribution in [0.4, 0.5) is 0 Å². The van der Waals surface area contributed by atoms with E-state index in [1.165, 1.54) is 0 Å². The molecule has 0 nitrogen and oxygen atoms in total. The van der Waals surface area contributed by atoms with E-state index in [2.05, 4.69) is 0 Å². The molecule has 1 heteroatoms. The third-order valence-electron chi connectivity index (χ3n) is 0. The van der Waals surface area contributed by atoms with Crippen LogP contribution in [0, 0.1) is 95.0 Å². The second-order valence-electron chi connectivity index (χ2n) is 0. The Balaban J connectivity index is 0. The summed E-state index contributed by atoms with van der Waals surface area (Å²) in [5.74, 6) is 0. The van der Waals surface area contributed by atoms with Gasteiger partial charge in [-0.2, -0.15) is 0 Å². The predicted molar refractivity (Wildman–Crippen MR) is 51.3 cm³/mol. The molecule has 0 saturated heterocycles. The van der Waals surface area contributed by atoms with E-state index >= 15 is 0 Å². The Labute approximate surface area is 94.4 Å². The molecule has 67 valence electrons. The van der Waals surface area contributed by atoms with Crippen molar-refractivity contribution in [2.24, 2.45) is 0 Å². The van der Waals surface area contributed by atoms with Crippen LogP contribution >= 0.6 is 0 Å². The minimum absolute atomic E-state index is 0. The molecule has 0 aromatic carbocycles. The minimum Gasteiger partial charge on any atom is -0.358 e. The summed E-state index contributed by atoms with van der Waals surface area (Å²) in [6.07, 6.45) is 0. The Hall–Kier alpha value is 1.19. The van der Waals surface area contributed by atoms with Gasteiger partial charge in [-0.15, -0.1) is 0 Å². The first kappa shape index (κ1) is 604. The van der Waals surface area contributed by atoms with E-state index in [-0.39, 0.29) is 95.0 Å². The molecule has 0 rings (SSSR count). The van der Waals surface area contributed by atoms with Crippen LogP contribution in [0.3, 0.4) is 0 Å². The maximum absolute atomic E-state index is 0. The summed E-state index contributed by atoms with van der Waals surface area (Å²) in [6.45, 7) is 0. The molecule has 0 aromatic rings. The van der Waals surface area contributed by atoms with Gasteiger partial charge in [0.2, 0.25) is 0 Å². The largest absolute Gasteiger partial charge is 0.358 e. The Morgan fingerprint density at radius 3 is 0.222 bits per heavy atom. The van der Waals surface area contributed by atoms with Crippen molar-refractivity contribution in [2.45, 2.75) is 0 Å². The zero-order valence-electron chi connectivity index (χ0n) is 8.58. The minimum atomic E-state index is 0. The zero-order valence-corrected chi connectivity index (χ0v) is 12.2. The van der Waals surface area contributed by atoms with Crippen LogP contribution in [0.15, 0.2) is 0 Å². The molecule has 0 N–H and O–H groups in total. The van der Waals surface area contributed by atoms with E-state index in [4.69, 9.17) is 0 Å². The van der Waals surface area contributed by atoms with Crippen molar-refractivity contribution in [1.82, 2.24) is 0 Å². The van der Waals surface area contributed by atoms with Gasteiger partial charge in [-0.1, -0.05) is 0 Å². The quantitative estimate of drug-likeness (QED) is 0.583. The molecule has 0 unspecified atom stereocenters. The molecule has 0 aliphatic carbocycles. The van der Waals surface area contributed by atoms with E-state index in [0.29, 0.717) is 0 Å². The summed E-state index contributed by atoms with van der Waals surface area (Å²) in [5, 5.41) is 0. The van der Waals surface area contributed by atoms with Gasteiger partial charge < -0.3 is 59.4 Å². The van der Waals surface area contributed by atoms with Crippen molar-refractivity contribution in [3.05, 3.63) is 59.4 Å². The third-order valence-corrected chi connectivity index (χ3v) is 0. The number of hydrogen-bond donors (Lipinski definition) is 0. The predicted octanol–water partition coefficient (Wildman–Crippen LogP) is 3.60. The van der Waals surface area contributed by atoms with E-state index < -0.39 is 0 Å². The van der Waals surface area contributed by atoms with Gasteiger partial charge in [0.1, 0.15) is 0 Å². The van der Waals surface area contributed by atoms with E-state index in [9.17, 15) is 0 Å². The molecule has 0 aliphatic heterocycles. The molecule has 0 saturated carbocycles. The van der Waals surface area contributed by atoms with Gasteiger partial charge in [0.15, 0.2) is 0 Å². The third kappa shape index (κ3) is 333. The topological polar surface area (TPSA) is 0 Å². The van der Waals surface area contributed by atoms with Gasteiger partial charge in [-0.05, 0) is 0 Å². The normalized spacial score (nSPS) is 0. The van der Waals surface area contributed by atoms with Gasteiger partial charge >= 0.3 is 0 Å². The van der Waals surface area contributed by atoms with Gasteiger partial charge in [-0.3, -0.25) is 0 Å². The fourth-order valence-corrected chi connectivity index (χ4v) is 0. The molecule has 0 fully saturated rings. The molecule has 0 atom stereocenters. The molecule has 0 bridgehead atoms. The molecule has 0 aromatic heterocycles. The van der Waals surface area contributed by atoms with Crippen molar-refractivity contribution < 1.29 is 35.6 Å². The van der Waals surface area contributed by atoms with E-state index in [1.807, 2.05) is 0 Å². The fourth-order valence-electron chi connectivity index (χ4n) is 0. The van der Waals surface area contributed by atoms with Crippen molar-refractivity contribution in [2.75, 3.05) is 0 Å². The Morgan fingerprint density at radius 1 is 0.222 bits per heavy atom. The van der Waals surface area contributed by atoms with Gasteiger partial charge in [0.25, 0.3) is 0 Å². The average molecular weight is 259 g/mol. The fraction of sp³-hybridized carbons (Fsp3) is 0. The first-order valence-electron chi connectivity index (χ1n) is 0. The number of rotatable bonds is 0. The maximum Gasteiger partial charge on any atom is 0 e. The standard InChI is InChI=1S/8CH3.La/h8*1H3;/q8*-1;. The van der Waals surface area contributed by atoms with Crippen LogP contribution in [0.2, 0.25) is 0 Å². The van der Waals surface area contributed by atoms with Crippen LogP contribution in [-0.4, -0.2) is 0 Å². The molecule has 0 spiro atoms. The second kappa shape index (κ2) is 433. The van der Waals surface area contributed by atoms with Crippen LogP contribution < -0.4 is 0 Å². The van der Waals surface area contributed by atoms with Crippen molar-refractivity contribution in [3.8, 4) is 0 Å². The zero-order chi connectivity index (χ0) is 0. The van der Waals surface area contributed by atoms with Crippen LogP contribution in [0.5, 0.6) is 0 Å². The second-order valence-corrected chi connectivity index (χ2v) is 0. The molecule has 0 amide bonds. The first-order valence-corrected chi connectivity index (χ1v) is 0. The number of hydrogen-bond acceptors (Lipinski definition) is 0. The molecule has 9 heavy (non-hydrogen) atoms. The molecule has 0 heterocycles. The summed E-state index contributed by atoms with van der Waals surface area (Å²) < 4.78 is 0. The molecule has 0 aliphatic rings. The van der Waals surface area contributed by atoms with E-state index in [0.717, 1.165) is 0 Å². The maximum atomic E-state index is 0. The Kier molecular flexibility index (Phi) is 29000. The van der Waals surface area contributed by atoms with Gasteiger partial charge in [0, 0.05) is 35.6 Å². The van der Waals surface area contributed by atoms with Gasteiger partial charge in [-0.25, -0.2) is 0 Å². The Morgan fingerprint density at radius 2 is 0.222 bits per heavy atom. The summed E-state index contributed by atoms with van der Waals surface area (Å²) in [6, 6.07) is 0. The summed E-state index contributed by atoms with van der Waals surface area (Å²) >= 11 is 0. The van der Waals surface area contributed by atoms with Crippen molar-refractivity contribution in [3.63, 3.8) is 0 Å². The van der Waals surface area contributed by atoms with E-state index in [1.54, 1.807) is 0 Å². The van der Waals surface area contributed by atoms with Gasteiger partial charge in [0.05, 0.1) is 0 Å².